The smallest absolute Gasteiger partial charge is 0.338 e. The van der Waals surface area contributed by atoms with Gasteiger partial charge < -0.3 is 28.8 Å². The zero-order valence-electron chi connectivity index (χ0n) is 23.5. The number of rotatable bonds is 10. The second-order valence-corrected chi connectivity index (χ2v) is 10.2. The molecule has 0 radical (unpaired) electrons. The molecular formula is C32H33ClO9. The molecule has 1 saturated heterocycles. The molecule has 1 aliphatic rings. The molecule has 42 heavy (non-hydrogen) atoms. The first kappa shape index (κ1) is 31.0. The summed E-state index contributed by atoms with van der Waals surface area (Å²) in [5.41, 5.74) is 2.64. The average molecular weight is 597 g/mol. The Kier molecular flexibility index (Phi) is 10.6. The molecule has 4 rings (SSSR count). The van der Waals surface area contributed by atoms with E-state index in [4.69, 9.17) is 35.3 Å². The van der Waals surface area contributed by atoms with Crippen molar-refractivity contribution < 1.29 is 43.2 Å². The number of carbonyl (C=O) groups excluding carboxylic acids is 3. The molecular weight excluding hydrogens is 564 g/mol. The van der Waals surface area contributed by atoms with Crippen LogP contribution in [-0.2, 0) is 35.0 Å². The maximum atomic E-state index is 12.6. The summed E-state index contributed by atoms with van der Waals surface area (Å²) in [6.45, 7) is 4.53. The van der Waals surface area contributed by atoms with Crippen LogP contribution in [0.2, 0.25) is 5.02 Å². The topological polar surface area (TPSA) is 118 Å². The molecule has 0 bridgehead atoms. The Morgan fingerprint density at radius 2 is 1.57 bits per heavy atom. The molecule has 5 unspecified atom stereocenters. The van der Waals surface area contributed by atoms with Gasteiger partial charge in [0.1, 0.15) is 30.7 Å². The van der Waals surface area contributed by atoms with Gasteiger partial charge >= 0.3 is 17.9 Å². The molecule has 3 aromatic rings. The average Bonchev–Trinajstić information content (AvgIpc) is 2.97. The van der Waals surface area contributed by atoms with Gasteiger partial charge in [-0.05, 0) is 60.4 Å². The molecule has 0 amide bonds. The third-order valence-corrected chi connectivity index (χ3v) is 7.05. The van der Waals surface area contributed by atoms with Crippen LogP contribution in [0.15, 0.2) is 72.8 Å². The SMILES string of the molecule is CCOc1ccc(Cc2cc(C3OC(COC(=O)c4ccccc4)C(O)C(OC(C)=O)C3OC(C)=O)ccc2Cl)cc1. The number of aliphatic hydroxyl groups is 1. The van der Waals surface area contributed by atoms with Crippen molar-refractivity contribution in [3.63, 3.8) is 0 Å². The molecule has 0 aliphatic carbocycles. The fraction of sp³-hybridized carbons (Fsp3) is 0.344. The maximum absolute atomic E-state index is 12.6. The molecule has 3 aromatic carbocycles. The zero-order valence-corrected chi connectivity index (χ0v) is 24.3. The predicted octanol–water partition coefficient (Wildman–Crippen LogP) is 4.85. The minimum atomic E-state index is -1.46. The summed E-state index contributed by atoms with van der Waals surface area (Å²) in [5.74, 6) is -1.20. The molecule has 0 aromatic heterocycles. The molecule has 1 heterocycles. The normalized spacial score (nSPS) is 21.7. The Morgan fingerprint density at radius 1 is 0.905 bits per heavy atom. The Morgan fingerprint density at radius 3 is 2.21 bits per heavy atom. The molecule has 1 N–H and O–H groups in total. The number of esters is 3. The summed E-state index contributed by atoms with van der Waals surface area (Å²) < 4.78 is 28.2. The number of hydrogen-bond donors (Lipinski definition) is 1. The molecule has 222 valence electrons. The van der Waals surface area contributed by atoms with E-state index in [2.05, 4.69) is 0 Å². The van der Waals surface area contributed by atoms with E-state index < -0.39 is 48.4 Å². The number of aliphatic hydroxyl groups excluding tert-OH is 1. The summed E-state index contributed by atoms with van der Waals surface area (Å²) >= 11 is 6.56. The molecule has 5 atom stereocenters. The first-order valence-corrected chi connectivity index (χ1v) is 13.9. The maximum Gasteiger partial charge on any atom is 0.338 e. The highest BCUT2D eigenvalue weighted by molar-refractivity contribution is 6.31. The second-order valence-electron chi connectivity index (χ2n) is 9.80. The molecule has 9 nitrogen and oxygen atoms in total. The van der Waals surface area contributed by atoms with Crippen molar-refractivity contribution in [1.29, 1.82) is 0 Å². The zero-order chi connectivity index (χ0) is 30.2. The molecule has 1 fully saturated rings. The van der Waals surface area contributed by atoms with Gasteiger partial charge in [0.2, 0.25) is 0 Å². The lowest BCUT2D eigenvalue weighted by Gasteiger charge is -2.43. The highest BCUT2D eigenvalue weighted by atomic mass is 35.5. The van der Waals surface area contributed by atoms with Gasteiger partial charge in [-0.2, -0.15) is 0 Å². The first-order chi connectivity index (χ1) is 20.2. The van der Waals surface area contributed by atoms with Crippen molar-refractivity contribution >= 4 is 29.5 Å². The highest BCUT2D eigenvalue weighted by Gasteiger charge is 2.50. The Labute approximate surface area is 249 Å². The lowest BCUT2D eigenvalue weighted by molar-refractivity contribution is -0.247. The van der Waals surface area contributed by atoms with Crippen LogP contribution >= 0.6 is 11.6 Å². The number of carbonyl (C=O) groups is 3. The van der Waals surface area contributed by atoms with E-state index >= 15 is 0 Å². The van der Waals surface area contributed by atoms with Crippen LogP contribution in [-0.4, -0.2) is 60.6 Å². The number of hydrogen-bond acceptors (Lipinski definition) is 9. The standard InChI is InChI=1S/C32H33ClO9/c1-4-38-25-13-10-21(11-14-25)16-24-17-23(12-15-26(24)33)29-31(41-20(3)35)30(40-19(2)34)28(36)27(42-29)18-39-32(37)22-8-6-5-7-9-22/h5-15,17,27-31,36H,4,16,18H2,1-3H3. The number of ether oxygens (including phenoxy) is 5. The van der Waals surface area contributed by atoms with Crippen LogP contribution in [0.1, 0.15) is 53.9 Å². The van der Waals surface area contributed by atoms with Crippen LogP contribution in [0.5, 0.6) is 5.75 Å². The quantitative estimate of drug-likeness (QED) is 0.259. The van der Waals surface area contributed by atoms with Crippen LogP contribution in [0, 0.1) is 0 Å². The third kappa shape index (κ3) is 7.88. The van der Waals surface area contributed by atoms with Crippen molar-refractivity contribution in [2.24, 2.45) is 0 Å². The van der Waals surface area contributed by atoms with Crippen molar-refractivity contribution in [3.8, 4) is 5.75 Å². The van der Waals surface area contributed by atoms with E-state index in [1.54, 1.807) is 42.5 Å². The van der Waals surface area contributed by atoms with Crippen molar-refractivity contribution in [1.82, 2.24) is 0 Å². The van der Waals surface area contributed by atoms with Gasteiger partial charge in [0, 0.05) is 18.9 Å². The van der Waals surface area contributed by atoms with Crippen LogP contribution in [0.25, 0.3) is 0 Å². The highest BCUT2D eigenvalue weighted by Crippen LogP contribution is 2.38. The van der Waals surface area contributed by atoms with E-state index in [9.17, 15) is 19.5 Å². The van der Waals surface area contributed by atoms with Gasteiger partial charge in [0.05, 0.1) is 12.2 Å². The summed E-state index contributed by atoms with van der Waals surface area (Å²) in [7, 11) is 0. The lowest BCUT2D eigenvalue weighted by atomic mass is 9.89. The van der Waals surface area contributed by atoms with Gasteiger partial charge in [-0.1, -0.05) is 54.1 Å². The van der Waals surface area contributed by atoms with Crippen LogP contribution < -0.4 is 4.74 Å². The van der Waals surface area contributed by atoms with E-state index in [-0.39, 0.29) is 6.61 Å². The Balaban J connectivity index is 1.63. The second kappa shape index (κ2) is 14.3. The van der Waals surface area contributed by atoms with Gasteiger partial charge in [0.25, 0.3) is 0 Å². The minimum Gasteiger partial charge on any atom is -0.494 e. The third-order valence-electron chi connectivity index (χ3n) is 6.68. The largest absolute Gasteiger partial charge is 0.494 e. The molecule has 1 aliphatic heterocycles. The molecule has 0 spiro atoms. The van der Waals surface area contributed by atoms with E-state index in [0.29, 0.717) is 29.2 Å². The summed E-state index contributed by atoms with van der Waals surface area (Å²) in [4.78, 5) is 36.7. The fourth-order valence-electron chi connectivity index (χ4n) is 4.79. The predicted molar refractivity (Wildman–Crippen MR) is 153 cm³/mol. The summed E-state index contributed by atoms with van der Waals surface area (Å²) in [5, 5.41) is 11.7. The lowest BCUT2D eigenvalue weighted by Crippen LogP contribution is -2.58. The summed E-state index contributed by atoms with van der Waals surface area (Å²) in [6.07, 6.45) is -5.56. The Hall–Kier alpha value is -3.92. The fourth-order valence-corrected chi connectivity index (χ4v) is 4.98. The van der Waals surface area contributed by atoms with Gasteiger partial charge in [0.15, 0.2) is 12.2 Å². The van der Waals surface area contributed by atoms with Crippen molar-refractivity contribution in [3.05, 3.63) is 100 Å². The molecule has 10 heteroatoms. The van der Waals surface area contributed by atoms with Crippen molar-refractivity contribution in [2.45, 2.75) is 57.7 Å². The number of halogens is 1. The Bertz CT molecular complexity index is 1380. The van der Waals surface area contributed by atoms with Crippen LogP contribution in [0.3, 0.4) is 0 Å². The summed E-state index contributed by atoms with van der Waals surface area (Å²) in [6, 6.07) is 21.2. The van der Waals surface area contributed by atoms with E-state index in [1.165, 1.54) is 13.8 Å². The van der Waals surface area contributed by atoms with Crippen LogP contribution in [0.4, 0.5) is 0 Å². The van der Waals surface area contributed by atoms with Gasteiger partial charge in [-0.15, -0.1) is 0 Å². The monoisotopic (exact) mass is 596 g/mol. The van der Waals surface area contributed by atoms with Gasteiger partial charge in [-0.25, -0.2) is 4.79 Å². The van der Waals surface area contributed by atoms with E-state index in [0.717, 1.165) is 16.9 Å². The first-order valence-electron chi connectivity index (χ1n) is 13.6. The van der Waals surface area contributed by atoms with Gasteiger partial charge in [-0.3, -0.25) is 9.59 Å². The van der Waals surface area contributed by atoms with Crippen molar-refractivity contribution in [2.75, 3.05) is 13.2 Å². The number of benzene rings is 3. The molecule has 0 saturated carbocycles. The van der Waals surface area contributed by atoms with E-state index in [1.807, 2.05) is 37.3 Å². The minimum absolute atomic E-state index is 0.324.